The first-order valence-electron chi connectivity index (χ1n) is 6.61. The molecular formula is C17H19FOS. The average molecular weight is 290 g/mol. The molecule has 106 valence electrons. The van der Waals surface area contributed by atoms with Crippen LogP contribution >= 0.6 is 11.8 Å². The number of benzene rings is 2. The maximum absolute atomic E-state index is 13.7. The van der Waals surface area contributed by atoms with Gasteiger partial charge in [0.2, 0.25) is 0 Å². The van der Waals surface area contributed by atoms with Gasteiger partial charge in [-0.2, -0.15) is 0 Å². The lowest BCUT2D eigenvalue weighted by Gasteiger charge is -2.15. The summed E-state index contributed by atoms with van der Waals surface area (Å²) in [5, 5.41) is 9.84. The van der Waals surface area contributed by atoms with Crippen LogP contribution in [0.2, 0.25) is 0 Å². The Balaban J connectivity index is 2.47. The molecule has 2 aromatic rings. The lowest BCUT2D eigenvalue weighted by atomic mass is 10.1. The Bertz CT molecular complexity index is 635. The zero-order chi connectivity index (χ0) is 14.9. The minimum Gasteiger partial charge on any atom is -0.389 e. The Kier molecular flexibility index (Phi) is 4.51. The predicted molar refractivity (Wildman–Crippen MR) is 81.8 cm³/mol. The fraction of sp³-hybridized carbons (Fsp3) is 0.294. The SMILES string of the molecule is Cc1ccc(C)c(Sc2cc(C)c(F)cc2[C@@H](C)O)c1. The Morgan fingerprint density at radius 2 is 1.70 bits per heavy atom. The zero-order valence-electron chi connectivity index (χ0n) is 12.2. The summed E-state index contributed by atoms with van der Waals surface area (Å²) in [4.78, 5) is 2.05. The van der Waals surface area contributed by atoms with Crippen molar-refractivity contribution >= 4 is 11.8 Å². The molecule has 0 fully saturated rings. The summed E-state index contributed by atoms with van der Waals surface area (Å²) in [6, 6.07) is 9.52. The van der Waals surface area contributed by atoms with E-state index in [1.807, 2.05) is 6.07 Å². The highest BCUT2D eigenvalue weighted by Crippen LogP contribution is 2.36. The molecule has 0 aliphatic heterocycles. The van der Waals surface area contributed by atoms with Crippen LogP contribution < -0.4 is 0 Å². The Hall–Kier alpha value is -1.32. The Morgan fingerprint density at radius 1 is 1.00 bits per heavy atom. The predicted octanol–water partition coefficient (Wildman–Crippen LogP) is 4.96. The molecule has 0 aromatic heterocycles. The molecule has 0 bridgehead atoms. The van der Waals surface area contributed by atoms with Gasteiger partial charge >= 0.3 is 0 Å². The number of aliphatic hydroxyl groups excluding tert-OH is 1. The van der Waals surface area contributed by atoms with Gasteiger partial charge < -0.3 is 5.11 Å². The molecule has 2 rings (SSSR count). The van der Waals surface area contributed by atoms with Gasteiger partial charge in [0.15, 0.2) is 0 Å². The van der Waals surface area contributed by atoms with Gasteiger partial charge in [0.25, 0.3) is 0 Å². The van der Waals surface area contributed by atoms with Crippen molar-refractivity contribution in [2.45, 2.75) is 43.6 Å². The standard InChI is InChI=1S/C17H19FOS/c1-10-5-6-11(2)16(7-10)20-17-8-12(3)15(18)9-14(17)13(4)19/h5-9,13,19H,1-4H3/t13-/m1/s1. The van der Waals surface area contributed by atoms with Gasteiger partial charge in [0.05, 0.1) is 6.10 Å². The molecule has 0 saturated heterocycles. The van der Waals surface area contributed by atoms with Crippen LogP contribution in [0, 0.1) is 26.6 Å². The molecule has 0 amide bonds. The number of aryl methyl sites for hydroxylation is 3. The summed E-state index contributed by atoms with van der Waals surface area (Å²) in [5.41, 5.74) is 3.61. The first-order chi connectivity index (χ1) is 9.38. The summed E-state index contributed by atoms with van der Waals surface area (Å²) in [5.74, 6) is -0.272. The van der Waals surface area contributed by atoms with Crippen LogP contribution in [-0.4, -0.2) is 5.11 Å². The van der Waals surface area contributed by atoms with E-state index in [0.717, 1.165) is 9.79 Å². The van der Waals surface area contributed by atoms with Gasteiger partial charge in [0.1, 0.15) is 5.82 Å². The number of halogens is 1. The van der Waals surface area contributed by atoms with Crippen LogP contribution in [0.1, 0.15) is 35.3 Å². The molecule has 0 saturated carbocycles. The van der Waals surface area contributed by atoms with Crippen LogP contribution in [0.5, 0.6) is 0 Å². The van der Waals surface area contributed by atoms with E-state index in [9.17, 15) is 9.50 Å². The molecule has 0 spiro atoms. The second kappa shape index (κ2) is 5.98. The van der Waals surface area contributed by atoms with E-state index in [0.29, 0.717) is 11.1 Å². The van der Waals surface area contributed by atoms with E-state index < -0.39 is 6.10 Å². The van der Waals surface area contributed by atoms with E-state index in [4.69, 9.17) is 0 Å². The molecule has 3 heteroatoms. The van der Waals surface area contributed by atoms with Gasteiger partial charge in [-0.1, -0.05) is 23.9 Å². The molecule has 1 nitrogen and oxygen atoms in total. The summed E-state index contributed by atoms with van der Waals surface area (Å²) in [6.45, 7) is 7.51. The molecule has 1 atom stereocenters. The zero-order valence-corrected chi connectivity index (χ0v) is 13.0. The van der Waals surface area contributed by atoms with Crippen LogP contribution in [0.15, 0.2) is 40.1 Å². The normalized spacial score (nSPS) is 12.5. The third-order valence-corrected chi connectivity index (χ3v) is 4.54. The Morgan fingerprint density at radius 3 is 2.35 bits per heavy atom. The van der Waals surface area contributed by atoms with E-state index in [2.05, 4.69) is 32.0 Å². The van der Waals surface area contributed by atoms with E-state index in [1.54, 1.807) is 25.6 Å². The second-order valence-corrected chi connectivity index (χ2v) is 6.27. The smallest absolute Gasteiger partial charge is 0.126 e. The highest BCUT2D eigenvalue weighted by Gasteiger charge is 2.13. The van der Waals surface area contributed by atoms with E-state index in [-0.39, 0.29) is 5.82 Å². The topological polar surface area (TPSA) is 20.2 Å². The Labute approximate surface area is 123 Å². The van der Waals surface area contributed by atoms with Crippen molar-refractivity contribution in [3.8, 4) is 0 Å². The quantitative estimate of drug-likeness (QED) is 0.862. The summed E-state index contributed by atoms with van der Waals surface area (Å²) < 4.78 is 13.7. The minimum atomic E-state index is -0.683. The summed E-state index contributed by atoms with van der Waals surface area (Å²) in [7, 11) is 0. The average Bonchev–Trinajstić information content (AvgIpc) is 2.37. The molecule has 20 heavy (non-hydrogen) atoms. The fourth-order valence-electron chi connectivity index (χ4n) is 2.02. The maximum Gasteiger partial charge on any atom is 0.126 e. The summed E-state index contributed by atoms with van der Waals surface area (Å²) in [6.07, 6.45) is -0.683. The van der Waals surface area contributed by atoms with E-state index >= 15 is 0 Å². The number of aliphatic hydroxyl groups is 1. The van der Waals surface area contributed by atoms with Crippen LogP contribution in [0.4, 0.5) is 4.39 Å². The molecule has 1 N–H and O–H groups in total. The maximum atomic E-state index is 13.7. The van der Waals surface area contributed by atoms with Gasteiger partial charge in [-0.15, -0.1) is 0 Å². The van der Waals surface area contributed by atoms with Crippen molar-refractivity contribution in [3.63, 3.8) is 0 Å². The number of hydrogen-bond acceptors (Lipinski definition) is 2. The van der Waals surface area contributed by atoms with Crippen molar-refractivity contribution < 1.29 is 9.50 Å². The summed E-state index contributed by atoms with van der Waals surface area (Å²) >= 11 is 1.58. The molecule has 0 aliphatic carbocycles. The van der Waals surface area contributed by atoms with Gasteiger partial charge in [0, 0.05) is 9.79 Å². The van der Waals surface area contributed by atoms with Crippen molar-refractivity contribution in [1.82, 2.24) is 0 Å². The molecule has 0 aliphatic rings. The van der Waals surface area contributed by atoms with Crippen molar-refractivity contribution in [3.05, 3.63) is 58.4 Å². The molecular weight excluding hydrogens is 271 g/mol. The van der Waals surface area contributed by atoms with Gasteiger partial charge in [-0.05, 0) is 68.1 Å². The lowest BCUT2D eigenvalue weighted by Crippen LogP contribution is -1.97. The van der Waals surface area contributed by atoms with Crippen LogP contribution in [-0.2, 0) is 0 Å². The largest absolute Gasteiger partial charge is 0.389 e. The van der Waals surface area contributed by atoms with Crippen molar-refractivity contribution in [2.75, 3.05) is 0 Å². The lowest BCUT2D eigenvalue weighted by molar-refractivity contribution is 0.196. The van der Waals surface area contributed by atoms with Crippen LogP contribution in [0.3, 0.4) is 0 Å². The molecule has 0 radical (unpaired) electrons. The van der Waals surface area contributed by atoms with E-state index in [1.165, 1.54) is 17.2 Å². The van der Waals surface area contributed by atoms with Crippen molar-refractivity contribution in [2.24, 2.45) is 0 Å². The number of rotatable bonds is 3. The third-order valence-electron chi connectivity index (χ3n) is 3.30. The minimum absolute atomic E-state index is 0.272. The van der Waals surface area contributed by atoms with Crippen molar-refractivity contribution in [1.29, 1.82) is 0 Å². The van der Waals surface area contributed by atoms with Crippen LogP contribution in [0.25, 0.3) is 0 Å². The molecule has 0 heterocycles. The highest BCUT2D eigenvalue weighted by atomic mass is 32.2. The third kappa shape index (κ3) is 3.22. The second-order valence-electron chi connectivity index (χ2n) is 5.19. The van der Waals surface area contributed by atoms with Gasteiger partial charge in [-0.25, -0.2) is 4.39 Å². The fourth-order valence-corrected chi connectivity index (χ4v) is 3.31. The monoisotopic (exact) mass is 290 g/mol. The van der Waals surface area contributed by atoms with Gasteiger partial charge in [-0.3, -0.25) is 0 Å². The molecule has 2 aromatic carbocycles. The number of hydrogen-bond donors (Lipinski definition) is 1. The highest BCUT2D eigenvalue weighted by molar-refractivity contribution is 7.99. The molecule has 0 unspecified atom stereocenters. The first kappa shape index (κ1) is 15.1. The first-order valence-corrected chi connectivity index (χ1v) is 7.43.